The van der Waals surface area contributed by atoms with Gasteiger partial charge in [0, 0.05) is 5.38 Å². The van der Waals surface area contributed by atoms with E-state index >= 15 is 0 Å². The molecule has 0 N–H and O–H groups in total. The molecular weight excluding hydrogens is 350 g/mol. The third-order valence-electron chi connectivity index (χ3n) is 3.16. The normalized spacial score (nSPS) is 10.6. The van der Waals surface area contributed by atoms with Crippen molar-refractivity contribution in [3.8, 4) is 9.88 Å². The van der Waals surface area contributed by atoms with Crippen LogP contribution in [-0.4, -0.2) is 24.0 Å². The maximum atomic E-state index is 12.1. The van der Waals surface area contributed by atoms with E-state index in [2.05, 4.69) is 9.72 Å². The second kappa shape index (κ2) is 6.98. The Morgan fingerprint density at radius 3 is 2.83 bits per heavy atom. The molecular formula is C16H13NO5S2. The van der Waals surface area contributed by atoms with Crippen molar-refractivity contribution in [1.82, 2.24) is 4.98 Å². The van der Waals surface area contributed by atoms with Crippen molar-refractivity contribution in [3.63, 3.8) is 0 Å². The van der Waals surface area contributed by atoms with Gasteiger partial charge in [-0.25, -0.2) is 14.6 Å². The summed E-state index contributed by atoms with van der Waals surface area (Å²) in [5, 5.41) is 4.39. The van der Waals surface area contributed by atoms with Crippen molar-refractivity contribution in [2.24, 2.45) is 0 Å². The Hall–Kier alpha value is -2.45. The molecule has 0 aliphatic heterocycles. The van der Waals surface area contributed by atoms with Crippen molar-refractivity contribution in [2.75, 3.05) is 7.11 Å². The molecule has 0 spiro atoms. The summed E-state index contributed by atoms with van der Waals surface area (Å²) in [6.07, 6.45) is 0. The molecule has 6 nitrogen and oxygen atoms in total. The largest absolute Gasteiger partial charge is 0.465 e. The number of hydrogen-bond donors (Lipinski definition) is 0. The van der Waals surface area contributed by atoms with Crippen LogP contribution in [0.25, 0.3) is 9.88 Å². The summed E-state index contributed by atoms with van der Waals surface area (Å²) < 4.78 is 15.2. The number of furan rings is 1. The topological polar surface area (TPSA) is 78.6 Å². The summed E-state index contributed by atoms with van der Waals surface area (Å²) in [7, 11) is 1.29. The van der Waals surface area contributed by atoms with Gasteiger partial charge in [-0.05, 0) is 24.4 Å². The van der Waals surface area contributed by atoms with Crippen molar-refractivity contribution in [1.29, 1.82) is 0 Å². The lowest BCUT2D eigenvalue weighted by molar-refractivity contribution is 0.0438. The minimum absolute atomic E-state index is 0.0808. The van der Waals surface area contributed by atoms with Crippen LogP contribution in [-0.2, 0) is 16.1 Å². The van der Waals surface area contributed by atoms with Crippen LogP contribution in [0.2, 0.25) is 0 Å². The number of thiazole rings is 1. The quantitative estimate of drug-likeness (QED) is 0.639. The number of methoxy groups -OCH3 is 1. The molecule has 0 fully saturated rings. The lowest BCUT2D eigenvalue weighted by Gasteiger charge is -1.99. The highest BCUT2D eigenvalue weighted by Gasteiger charge is 2.18. The fourth-order valence-corrected chi connectivity index (χ4v) is 3.62. The number of hydrogen-bond acceptors (Lipinski definition) is 8. The van der Waals surface area contributed by atoms with E-state index < -0.39 is 11.9 Å². The molecule has 24 heavy (non-hydrogen) atoms. The van der Waals surface area contributed by atoms with Crippen LogP contribution in [0.3, 0.4) is 0 Å². The fraction of sp³-hybridized carbons (Fsp3) is 0.188. The fourth-order valence-electron chi connectivity index (χ4n) is 2.02. The summed E-state index contributed by atoms with van der Waals surface area (Å²) in [6, 6.07) is 5.38. The van der Waals surface area contributed by atoms with Gasteiger partial charge in [0.2, 0.25) is 0 Å². The monoisotopic (exact) mass is 363 g/mol. The number of carbonyl (C=O) groups excluding carboxylic acids is 2. The molecule has 124 valence electrons. The Labute approximate surface area is 145 Å². The van der Waals surface area contributed by atoms with Crippen LogP contribution >= 0.6 is 22.7 Å². The molecule has 0 bridgehead atoms. The third kappa shape index (κ3) is 3.39. The average molecular weight is 363 g/mol. The SMILES string of the molecule is COC(=O)c1cc(COC(=O)c2csc(-c3cccs3)n2)oc1C. The van der Waals surface area contributed by atoms with Crippen LogP contribution in [0.15, 0.2) is 33.4 Å². The van der Waals surface area contributed by atoms with Crippen LogP contribution in [0, 0.1) is 6.92 Å². The molecule has 3 aromatic heterocycles. The maximum Gasteiger partial charge on any atom is 0.358 e. The molecule has 0 saturated heterocycles. The van der Waals surface area contributed by atoms with Crippen molar-refractivity contribution < 1.29 is 23.5 Å². The molecule has 0 aliphatic carbocycles. The predicted molar refractivity (Wildman–Crippen MR) is 89.3 cm³/mol. The van der Waals surface area contributed by atoms with Gasteiger partial charge >= 0.3 is 11.9 Å². The number of nitrogens with zero attached hydrogens (tertiary/aromatic N) is 1. The van der Waals surface area contributed by atoms with Gasteiger partial charge in [0.25, 0.3) is 0 Å². The van der Waals surface area contributed by atoms with Gasteiger partial charge in [-0.15, -0.1) is 22.7 Å². The summed E-state index contributed by atoms with van der Waals surface area (Å²) in [6.45, 7) is 1.56. The Bertz CT molecular complexity index is 863. The first kappa shape index (κ1) is 16.4. The van der Waals surface area contributed by atoms with Crippen molar-refractivity contribution in [2.45, 2.75) is 13.5 Å². The molecule has 0 radical (unpaired) electrons. The number of rotatable bonds is 5. The van der Waals surface area contributed by atoms with Crippen LogP contribution < -0.4 is 0 Å². The highest BCUT2D eigenvalue weighted by Crippen LogP contribution is 2.28. The van der Waals surface area contributed by atoms with Gasteiger partial charge in [-0.1, -0.05) is 6.07 Å². The molecule has 0 saturated carbocycles. The van der Waals surface area contributed by atoms with Gasteiger partial charge in [-0.3, -0.25) is 0 Å². The number of esters is 2. The highest BCUT2D eigenvalue weighted by molar-refractivity contribution is 7.20. The third-order valence-corrected chi connectivity index (χ3v) is 5.05. The van der Waals surface area contributed by atoms with Gasteiger partial charge in [-0.2, -0.15) is 0 Å². The lowest BCUT2D eigenvalue weighted by Crippen LogP contribution is -2.05. The van der Waals surface area contributed by atoms with Gasteiger partial charge in [0.15, 0.2) is 5.69 Å². The maximum absolute atomic E-state index is 12.1. The first-order valence-electron chi connectivity index (χ1n) is 6.92. The van der Waals surface area contributed by atoms with Crippen LogP contribution in [0.5, 0.6) is 0 Å². The molecule has 0 aromatic carbocycles. The standard InChI is InChI=1S/C16H13NO5S2/c1-9-11(15(18)20-2)6-10(22-9)7-21-16(19)12-8-24-14(17-12)13-4-3-5-23-13/h3-6,8H,7H2,1-2H3. The molecule has 0 aliphatic rings. The van der Waals surface area contributed by atoms with Gasteiger partial charge in [0.1, 0.15) is 28.7 Å². The summed E-state index contributed by atoms with van der Waals surface area (Å²) >= 11 is 2.94. The van der Waals surface area contributed by atoms with E-state index in [4.69, 9.17) is 9.15 Å². The second-order valence-corrected chi connectivity index (χ2v) is 6.57. The van der Waals surface area contributed by atoms with Crippen LogP contribution in [0.4, 0.5) is 0 Å². The summed E-state index contributed by atoms with van der Waals surface area (Å²) in [5.41, 5.74) is 0.567. The Balaban J connectivity index is 1.65. The van der Waals surface area contributed by atoms with Crippen LogP contribution in [0.1, 0.15) is 32.4 Å². The molecule has 3 heterocycles. The Morgan fingerprint density at radius 2 is 2.12 bits per heavy atom. The molecule has 3 rings (SSSR count). The van der Waals surface area contributed by atoms with Crippen molar-refractivity contribution in [3.05, 3.63) is 51.7 Å². The smallest absolute Gasteiger partial charge is 0.358 e. The Morgan fingerprint density at radius 1 is 1.29 bits per heavy atom. The number of ether oxygens (including phenoxy) is 2. The van der Waals surface area contributed by atoms with Gasteiger partial charge < -0.3 is 13.9 Å². The molecule has 8 heteroatoms. The van der Waals surface area contributed by atoms with E-state index in [1.165, 1.54) is 24.5 Å². The highest BCUT2D eigenvalue weighted by atomic mass is 32.1. The first-order valence-corrected chi connectivity index (χ1v) is 8.68. The van der Waals surface area contributed by atoms with E-state index in [1.807, 2.05) is 17.5 Å². The second-order valence-electron chi connectivity index (χ2n) is 4.77. The first-order chi connectivity index (χ1) is 11.6. The minimum Gasteiger partial charge on any atom is -0.465 e. The summed E-state index contributed by atoms with van der Waals surface area (Å²) in [5.74, 6) is -0.242. The molecule has 0 unspecified atom stereocenters. The number of carbonyl (C=O) groups is 2. The average Bonchev–Trinajstić information content (AvgIpc) is 3.31. The number of thiophene rings is 1. The van der Waals surface area contributed by atoms with Crippen molar-refractivity contribution >= 4 is 34.6 Å². The lowest BCUT2D eigenvalue weighted by atomic mass is 10.2. The van der Waals surface area contributed by atoms with E-state index in [-0.39, 0.29) is 12.3 Å². The number of aromatic nitrogens is 1. The van der Waals surface area contributed by atoms with E-state index in [1.54, 1.807) is 23.6 Å². The minimum atomic E-state index is -0.539. The molecule has 0 amide bonds. The van der Waals surface area contributed by atoms with E-state index in [0.29, 0.717) is 17.1 Å². The molecule has 0 atom stereocenters. The zero-order chi connectivity index (χ0) is 17.1. The van der Waals surface area contributed by atoms with E-state index in [0.717, 1.165) is 9.88 Å². The van der Waals surface area contributed by atoms with Gasteiger partial charge in [0.05, 0.1) is 12.0 Å². The summed E-state index contributed by atoms with van der Waals surface area (Å²) in [4.78, 5) is 28.9. The van der Waals surface area contributed by atoms with E-state index in [9.17, 15) is 9.59 Å². The predicted octanol–water partition coefficient (Wildman–Crippen LogP) is 3.92. The number of aryl methyl sites for hydroxylation is 1. The molecule has 3 aromatic rings. The Kier molecular flexibility index (Phi) is 4.77. The zero-order valence-electron chi connectivity index (χ0n) is 12.9. The zero-order valence-corrected chi connectivity index (χ0v) is 14.5.